The molecule has 40 heavy (non-hydrogen) atoms. The minimum atomic E-state index is -5.70. The van der Waals surface area contributed by atoms with Gasteiger partial charge in [-0.05, 0) is 70.8 Å². The summed E-state index contributed by atoms with van der Waals surface area (Å²) in [7, 11) is 0. The molecular weight excluding hydrogens is 538 g/mol. The van der Waals surface area contributed by atoms with Crippen LogP contribution in [0.4, 0.5) is 26.3 Å². The molecule has 0 aliphatic heterocycles. The van der Waals surface area contributed by atoms with Gasteiger partial charge >= 0.3 is 12.4 Å². The van der Waals surface area contributed by atoms with Gasteiger partial charge < -0.3 is 20.4 Å². The van der Waals surface area contributed by atoms with Crippen LogP contribution in [-0.4, -0.2) is 32.8 Å². The molecule has 0 heterocycles. The molecule has 0 saturated carbocycles. The standard InChI is InChI=1S/C15H10F6O2.C15H16O2/c16-14(17,18)13(15(19,20)21,9-1-5-11(22)6-2-9)10-3-7-12(23)8-4-10;1-15(2,11-3-7-13(16)8-4-11)12-5-9-14(17)10-6-12/h1-8,22-23H;3-10,16-17H,1-2H3. The normalized spacial score (nSPS) is 12.4. The fourth-order valence-electron chi connectivity index (χ4n) is 4.33. The van der Waals surface area contributed by atoms with Crippen LogP contribution in [0.3, 0.4) is 0 Å². The molecule has 0 unspecified atom stereocenters. The summed E-state index contributed by atoms with van der Waals surface area (Å²) in [4.78, 5) is 0. The highest BCUT2D eigenvalue weighted by Gasteiger charge is 2.72. The summed E-state index contributed by atoms with van der Waals surface area (Å²) < 4.78 is 81.6. The van der Waals surface area contributed by atoms with Crippen LogP contribution < -0.4 is 0 Å². The molecule has 0 saturated heterocycles. The Morgan fingerprint density at radius 3 is 0.775 bits per heavy atom. The molecule has 4 N–H and O–H groups in total. The molecule has 0 aliphatic carbocycles. The van der Waals surface area contributed by atoms with E-state index >= 15 is 0 Å². The van der Waals surface area contributed by atoms with Crippen LogP contribution in [0.25, 0.3) is 0 Å². The lowest BCUT2D eigenvalue weighted by atomic mass is 9.73. The van der Waals surface area contributed by atoms with Gasteiger partial charge in [-0.25, -0.2) is 0 Å². The molecule has 0 radical (unpaired) electrons. The highest BCUT2D eigenvalue weighted by Crippen LogP contribution is 2.56. The van der Waals surface area contributed by atoms with Crippen molar-refractivity contribution in [3.05, 3.63) is 119 Å². The Labute approximate surface area is 226 Å². The van der Waals surface area contributed by atoms with Gasteiger partial charge in [-0.15, -0.1) is 0 Å². The van der Waals surface area contributed by atoms with Crippen molar-refractivity contribution in [2.24, 2.45) is 0 Å². The van der Waals surface area contributed by atoms with Crippen molar-refractivity contribution in [1.82, 2.24) is 0 Å². The molecule has 0 atom stereocenters. The number of phenols is 4. The van der Waals surface area contributed by atoms with Crippen LogP contribution in [0.1, 0.15) is 36.1 Å². The second-order valence-corrected chi connectivity index (χ2v) is 9.56. The number of hydrogen-bond acceptors (Lipinski definition) is 4. The van der Waals surface area contributed by atoms with E-state index in [2.05, 4.69) is 13.8 Å². The number of halogens is 6. The van der Waals surface area contributed by atoms with E-state index in [0.717, 1.165) is 35.4 Å². The van der Waals surface area contributed by atoms with Gasteiger partial charge in [-0.1, -0.05) is 62.4 Å². The fraction of sp³-hybridized carbons (Fsp3) is 0.200. The summed E-state index contributed by atoms with van der Waals surface area (Å²) in [6.45, 7) is 4.23. The topological polar surface area (TPSA) is 80.9 Å². The molecule has 4 nitrogen and oxygen atoms in total. The molecule has 0 bridgehead atoms. The maximum absolute atomic E-state index is 13.6. The zero-order chi connectivity index (χ0) is 29.9. The minimum Gasteiger partial charge on any atom is -0.508 e. The van der Waals surface area contributed by atoms with Crippen molar-refractivity contribution in [1.29, 1.82) is 0 Å². The van der Waals surface area contributed by atoms with Gasteiger partial charge in [0.25, 0.3) is 0 Å². The Morgan fingerprint density at radius 1 is 0.375 bits per heavy atom. The smallest absolute Gasteiger partial charge is 0.411 e. The van der Waals surface area contributed by atoms with Gasteiger partial charge in [-0.2, -0.15) is 26.3 Å². The first-order chi connectivity index (χ1) is 18.5. The Bertz CT molecular complexity index is 1280. The predicted octanol–water partition coefficient (Wildman–Crippen LogP) is 7.93. The highest BCUT2D eigenvalue weighted by atomic mass is 19.4. The summed E-state index contributed by atoms with van der Waals surface area (Å²) in [5, 5.41) is 36.9. The van der Waals surface area contributed by atoms with Gasteiger partial charge in [-0.3, -0.25) is 0 Å². The summed E-state index contributed by atoms with van der Waals surface area (Å²) >= 11 is 0. The van der Waals surface area contributed by atoms with Crippen LogP contribution in [0, 0.1) is 0 Å². The maximum atomic E-state index is 13.6. The predicted molar refractivity (Wildman–Crippen MR) is 137 cm³/mol. The van der Waals surface area contributed by atoms with E-state index < -0.39 is 40.4 Å². The lowest BCUT2D eigenvalue weighted by Gasteiger charge is -2.38. The average Bonchev–Trinajstić information content (AvgIpc) is 2.86. The zero-order valence-corrected chi connectivity index (χ0v) is 21.3. The van der Waals surface area contributed by atoms with Crippen molar-refractivity contribution in [3.8, 4) is 23.0 Å². The molecule has 0 amide bonds. The van der Waals surface area contributed by atoms with Crippen molar-refractivity contribution < 1.29 is 46.8 Å². The second kappa shape index (κ2) is 11.0. The lowest BCUT2D eigenvalue weighted by molar-refractivity contribution is -0.288. The average molecular weight is 565 g/mol. The summed E-state index contributed by atoms with van der Waals surface area (Å²) in [6.07, 6.45) is -11.4. The van der Waals surface area contributed by atoms with Gasteiger partial charge in [0.05, 0.1) is 0 Å². The number of benzene rings is 4. The molecule has 4 aromatic carbocycles. The minimum absolute atomic E-state index is 0.151. The largest absolute Gasteiger partial charge is 0.508 e. The zero-order valence-electron chi connectivity index (χ0n) is 21.3. The van der Waals surface area contributed by atoms with Crippen LogP contribution in [0.2, 0.25) is 0 Å². The highest BCUT2D eigenvalue weighted by molar-refractivity contribution is 5.47. The van der Waals surface area contributed by atoms with Crippen LogP contribution in [0.15, 0.2) is 97.1 Å². The van der Waals surface area contributed by atoms with Crippen molar-refractivity contribution in [2.75, 3.05) is 0 Å². The first-order valence-corrected chi connectivity index (χ1v) is 11.8. The van der Waals surface area contributed by atoms with Crippen LogP contribution >= 0.6 is 0 Å². The monoisotopic (exact) mass is 564 g/mol. The summed E-state index contributed by atoms with van der Waals surface area (Å²) in [5.41, 5.74) is -4.34. The SMILES string of the molecule is CC(C)(c1ccc(O)cc1)c1ccc(O)cc1.Oc1ccc(C(c2ccc(O)cc2)(C(F)(F)F)C(F)(F)F)cc1. The lowest BCUT2D eigenvalue weighted by Crippen LogP contribution is -2.54. The molecule has 4 rings (SSSR count). The summed E-state index contributed by atoms with van der Waals surface area (Å²) in [5.74, 6) is -0.374. The number of phenolic OH excluding ortho intramolecular Hbond substituents is 4. The van der Waals surface area contributed by atoms with Gasteiger partial charge in [0.2, 0.25) is 5.41 Å². The van der Waals surface area contributed by atoms with E-state index in [1.54, 1.807) is 24.3 Å². The first kappa shape index (κ1) is 30.2. The molecule has 4 aromatic rings. The molecule has 0 fully saturated rings. The third-order valence-corrected chi connectivity index (χ3v) is 6.63. The molecule has 212 valence electrons. The van der Waals surface area contributed by atoms with Crippen molar-refractivity contribution in [3.63, 3.8) is 0 Å². The molecule has 0 aromatic heterocycles. The van der Waals surface area contributed by atoms with Crippen molar-refractivity contribution in [2.45, 2.75) is 37.0 Å². The quantitative estimate of drug-likeness (QED) is 0.190. The Balaban J connectivity index is 0.000000230. The van der Waals surface area contributed by atoms with Gasteiger partial charge in [0.15, 0.2) is 0 Å². The Morgan fingerprint density at radius 2 is 0.575 bits per heavy atom. The van der Waals surface area contributed by atoms with Gasteiger partial charge in [0.1, 0.15) is 23.0 Å². The third-order valence-electron chi connectivity index (χ3n) is 6.63. The molecule has 0 aliphatic rings. The van der Waals surface area contributed by atoms with E-state index in [-0.39, 0.29) is 16.9 Å². The van der Waals surface area contributed by atoms with E-state index in [1.807, 2.05) is 24.3 Å². The third kappa shape index (κ3) is 5.95. The van der Waals surface area contributed by atoms with Crippen LogP contribution in [-0.2, 0) is 10.8 Å². The Hall–Kier alpha value is -4.34. The maximum Gasteiger partial charge on any atom is 0.411 e. The van der Waals surface area contributed by atoms with Crippen molar-refractivity contribution >= 4 is 0 Å². The first-order valence-electron chi connectivity index (χ1n) is 11.8. The molecule has 10 heteroatoms. The Kier molecular flexibility index (Phi) is 8.33. The number of hydrogen-bond donors (Lipinski definition) is 4. The van der Waals surface area contributed by atoms with Crippen LogP contribution in [0.5, 0.6) is 23.0 Å². The van der Waals surface area contributed by atoms with E-state index in [1.165, 1.54) is 0 Å². The molecular formula is C30H26F6O4. The summed E-state index contributed by atoms with van der Waals surface area (Å²) in [6, 6.07) is 19.7. The van der Waals surface area contributed by atoms with E-state index in [9.17, 15) is 36.6 Å². The number of alkyl halides is 6. The second-order valence-electron chi connectivity index (χ2n) is 9.56. The van der Waals surface area contributed by atoms with Gasteiger partial charge in [0, 0.05) is 5.41 Å². The number of rotatable bonds is 4. The molecule has 0 spiro atoms. The fourth-order valence-corrected chi connectivity index (χ4v) is 4.33. The van der Waals surface area contributed by atoms with E-state index in [4.69, 9.17) is 10.2 Å². The number of aromatic hydroxyl groups is 4. The van der Waals surface area contributed by atoms with E-state index in [0.29, 0.717) is 24.3 Å².